The summed E-state index contributed by atoms with van der Waals surface area (Å²) in [5, 5.41) is -2.33. The Morgan fingerprint density at radius 1 is 1.14 bits per heavy atom. The van der Waals surface area contributed by atoms with Crippen molar-refractivity contribution in [1.82, 2.24) is 0 Å². The molecule has 0 heterocycles. The molecule has 2 nitrogen and oxygen atoms in total. The van der Waals surface area contributed by atoms with Crippen LogP contribution in [0, 0.1) is 0 Å². The first-order valence-corrected chi connectivity index (χ1v) is 13.2. The van der Waals surface area contributed by atoms with E-state index in [0.29, 0.717) is 6.42 Å². The molecule has 2 radical (unpaired) electrons. The zero-order chi connectivity index (χ0) is 15.5. The molecule has 0 spiro atoms. The van der Waals surface area contributed by atoms with E-state index in [-0.39, 0.29) is 5.32 Å². The Kier molecular flexibility index (Phi) is 5.44. The quantitative estimate of drug-likeness (QED) is 0.682. The molecule has 0 atom stereocenters. The van der Waals surface area contributed by atoms with Crippen molar-refractivity contribution in [3.8, 4) is 5.75 Å². The van der Waals surface area contributed by atoms with Gasteiger partial charge in [0.15, 0.2) is 0 Å². The van der Waals surface area contributed by atoms with Crippen molar-refractivity contribution in [3.63, 3.8) is 0 Å². The molecule has 7 heteroatoms. The third-order valence-corrected chi connectivity index (χ3v) is 11.3. The molecular formula is C14H13F3O2Se2. The number of aryl methyl sites for hydroxylation is 1. The Hall–Kier alpha value is -0.871. The molecule has 0 N–H and O–H groups in total. The van der Waals surface area contributed by atoms with E-state index in [0.717, 1.165) is 22.1 Å². The summed E-state index contributed by atoms with van der Waals surface area (Å²) >= 11 is -4.55. The molecule has 0 unspecified atom stereocenters. The molecule has 0 bridgehead atoms. The number of halogens is 3. The van der Waals surface area contributed by atoms with Crippen LogP contribution in [0.2, 0.25) is 5.32 Å². The van der Waals surface area contributed by atoms with Gasteiger partial charge in [-0.3, -0.25) is 0 Å². The van der Waals surface area contributed by atoms with Crippen molar-refractivity contribution in [2.45, 2.75) is 16.8 Å². The van der Waals surface area contributed by atoms with Crippen LogP contribution in [0.3, 0.4) is 0 Å². The molecule has 0 aliphatic carbocycles. The van der Waals surface area contributed by atoms with E-state index in [1.54, 1.807) is 7.11 Å². The first kappa shape index (κ1) is 16.5. The van der Waals surface area contributed by atoms with Gasteiger partial charge in [-0.15, -0.1) is 0 Å². The molecule has 21 heavy (non-hydrogen) atoms. The summed E-state index contributed by atoms with van der Waals surface area (Å²) in [6.07, 6.45) is 0.316. The van der Waals surface area contributed by atoms with Gasteiger partial charge in [0.1, 0.15) is 0 Å². The second-order valence-corrected chi connectivity index (χ2v) is 13.8. The normalized spacial score (nSPS) is 11.9. The number of hydrogen-bond acceptors (Lipinski definition) is 2. The summed E-state index contributed by atoms with van der Waals surface area (Å²) in [4.78, 5) is 0. The number of alkyl halides is 3. The molecule has 0 saturated heterocycles. The molecule has 0 amide bonds. The summed E-state index contributed by atoms with van der Waals surface area (Å²) in [6.45, 7) is 0. The molecule has 0 aliphatic rings. The van der Waals surface area contributed by atoms with Crippen LogP contribution in [0.4, 0.5) is 13.2 Å². The van der Waals surface area contributed by atoms with Crippen LogP contribution in [0.1, 0.15) is 5.56 Å². The Morgan fingerprint density at radius 2 is 1.81 bits per heavy atom. The van der Waals surface area contributed by atoms with Crippen molar-refractivity contribution in [2.75, 3.05) is 7.11 Å². The molecule has 0 aliphatic heterocycles. The number of benzene rings is 2. The van der Waals surface area contributed by atoms with Crippen molar-refractivity contribution in [2.24, 2.45) is 0 Å². The maximum absolute atomic E-state index is 12.6. The van der Waals surface area contributed by atoms with Gasteiger partial charge < -0.3 is 0 Å². The topological polar surface area (TPSA) is 26.3 Å². The standard InChI is InChI=1S/C14H13F3O2Se2/c1-19-13-5-4-11-8-10(2-3-12(11)9-13)6-7-21(20-18)14(15,16)17/h2-5,8-9H,6-7H2,1H3. The zero-order valence-corrected chi connectivity index (χ0v) is 14.6. The van der Waals surface area contributed by atoms with Gasteiger partial charge in [0.05, 0.1) is 0 Å². The van der Waals surface area contributed by atoms with E-state index >= 15 is 0 Å². The van der Waals surface area contributed by atoms with Crippen LogP contribution in [-0.4, -0.2) is 37.3 Å². The summed E-state index contributed by atoms with van der Waals surface area (Å²) in [5.74, 6) is 0.744. The fourth-order valence-electron chi connectivity index (χ4n) is 1.95. The van der Waals surface area contributed by atoms with Crippen LogP contribution in [0.15, 0.2) is 36.4 Å². The molecule has 114 valence electrons. The predicted octanol–water partition coefficient (Wildman–Crippen LogP) is 3.53. The van der Waals surface area contributed by atoms with Gasteiger partial charge in [-0.1, -0.05) is 0 Å². The predicted molar refractivity (Wildman–Crippen MR) is 77.3 cm³/mol. The van der Waals surface area contributed by atoms with E-state index < -0.39 is 30.2 Å². The van der Waals surface area contributed by atoms with E-state index in [1.807, 2.05) is 36.4 Å². The molecular weight excluding hydrogens is 415 g/mol. The number of rotatable bonds is 5. The monoisotopic (exact) mass is 430 g/mol. The van der Waals surface area contributed by atoms with Crippen molar-refractivity contribution < 1.29 is 21.7 Å². The zero-order valence-electron chi connectivity index (χ0n) is 11.1. The maximum atomic E-state index is 12.6. The number of ether oxygens (including phenoxy) is 1. The van der Waals surface area contributed by atoms with Crippen molar-refractivity contribution >= 4 is 35.9 Å². The van der Waals surface area contributed by atoms with Crippen LogP contribution < -0.4 is 4.74 Å². The Labute approximate surface area is 129 Å². The first-order chi connectivity index (χ1) is 9.94. The third kappa shape index (κ3) is 4.30. The number of methoxy groups -OCH3 is 1. The Morgan fingerprint density at radius 3 is 2.43 bits per heavy atom. The third-order valence-electron chi connectivity index (χ3n) is 3.03. The van der Waals surface area contributed by atoms with Gasteiger partial charge in [0, 0.05) is 0 Å². The van der Waals surface area contributed by atoms with Crippen molar-refractivity contribution in [3.05, 3.63) is 42.0 Å². The molecule has 0 fully saturated rings. The second-order valence-electron chi connectivity index (χ2n) is 4.36. The van der Waals surface area contributed by atoms with E-state index in [4.69, 9.17) is 4.74 Å². The Balaban J connectivity index is 2.14. The first-order valence-electron chi connectivity index (χ1n) is 6.09. The van der Waals surface area contributed by atoms with E-state index in [9.17, 15) is 17.0 Å². The summed E-state index contributed by atoms with van der Waals surface area (Å²) in [7, 11) is 1.58. The SMILES string of the molecule is COc1ccc2cc(CC[Se]([Se]=O)C(F)(F)F)ccc2c1. The van der Waals surface area contributed by atoms with Crippen LogP contribution in [0.5, 0.6) is 5.75 Å². The number of fused-ring (bicyclic) bond motifs is 1. The van der Waals surface area contributed by atoms with Gasteiger partial charge in [0.25, 0.3) is 0 Å². The van der Waals surface area contributed by atoms with Crippen LogP contribution >= 0.6 is 0 Å². The molecule has 2 aromatic rings. The fourth-order valence-corrected chi connectivity index (χ4v) is 6.12. The van der Waals surface area contributed by atoms with Crippen molar-refractivity contribution in [1.29, 1.82) is 0 Å². The van der Waals surface area contributed by atoms with Gasteiger partial charge in [-0.2, -0.15) is 0 Å². The fraction of sp³-hybridized carbons (Fsp3) is 0.286. The van der Waals surface area contributed by atoms with Gasteiger partial charge >= 0.3 is 129 Å². The van der Waals surface area contributed by atoms with Gasteiger partial charge in [-0.25, -0.2) is 0 Å². The minimum atomic E-state index is -4.26. The average molecular weight is 428 g/mol. The van der Waals surface area contributed by atoms with Gasteiger partial charge in [0.2, 0.25) is 0 Å². The minimum absolute atomic E-state index is 0.0192. The number of hydrogen-bond donors (Lipinski definition) is 0. The molecule has 0 aromatic heterocycles. The summed E-state index contributed by atoms with van der Waals surface area (Å²) in [5.41, 5.74) is 0.843. The van der Waals surface area contributed by atoms with Gasteiger partial charge in [-0.05, 0) is 0 Å². The van der Waals surface area contributed by atoms with E-state index in [2.05, 4.69) is 0 Å². The molecule has 2 rings (SSSR count). The molecule has 2 aromatic carbocycles. The average Bonchev–Trinajstić information content (AvgIpc) is 2.45. The van der Waals surface area contributed by atoms with Crippen LogP contribution in [0.25, 0.3) is 10.8 Å². The second kappa shape index (κ2) is 6.93. The summed E-state index contributed by atoms with van der Waals surface area (Å²) in [6, 6.07) is 11.2. The Bertz CT molecular complexity index is 644. The summed E-state index contributed by atoms with van der Waals surface area (Å²) < 4.78 is 53.7. The van der Waals surface area contributed by atoms with Crippen LogP contribution in [-0.2, 0) is 10.3 Å². The molecule has 0 saturated carbocycles. The van der Waals surface area contributed by atoms with E-state index in [1.165, 1.54) is 0 Å².